The van der Waals surface area contributed by atoms with Crippen LogP contribution in [0.15, 0.2) is 18.2 Å². The van der Waals surface area contributed by atoms with Crippen molar-refractivity contribution in [1.82, 2.24) is 9.97 Å². The second-order valence-corrected chi connectivity index (χ2v) is 3.87. The number of H-pyrrole nitrogens is 1. The van der Waals surface area contributed by atoms with Crippen molar-refractivity contribution in [3.8, 4) is 0 Å². The number of carbonyl (C=O) groups is 1. The van der Waals surface area contributed by atoms with Crippen LogP contribution in [-0.4, -0.2) is 16.3 Å². The van der Waals surface area contributed by atoms with Crippen LogP contribution in [0.4, 0.5) is 0 Å². The van der Waals surface area contributed by atoms with Gasteiger partial charge >= 0.3 is 0 Å². The van der Waals surface area contributed by atoms with Crippen molar-refractivity contribution < 1.29 is 4.79 Å². The molecule has 0 amide bonds. The fourth-order valence-electron chi connectivity index (χ4n) is 1.85. The number of aryl methyl sites for hydroxylation is 1. The largest absolute Gasteiger partial charge is 0.342 e. The van der Waals surface area contributed by atoms with Gasteiger partial charge in [0.2, 0.25) is 0 Å². The third-order valence-electron chi connectivity index (χ3n) is 2.64. The number of hydrogen-bond acceptors (Lipinski definition) is 2. The van der Waals surface area contributed by atoms with E-state index >= 15 is 0 Å². The number of aromatic amines is 1. The van der Waals surface area contributed by atoms with E-state index in [1.807, 2.05) is 32.0 Å². The van der Waals surface area contributed by atoms with Crippen LogP contribution in [0.1, 0.15) is 30.7 Å². The van der Waals surface area contributed by atoms with E-state index < -0.39 is 0 Å². The van der Waals surface area contributed by atoms with E-state index in [4.69, 9.17) is 0 Å². The Morgan fingerprint density at radius 2 is 2.33 bits per heavy atom. The molecule has 0 fully saturated rings. The highest BCUT2D eigenvalue weighted by Crippen LogP contribution is 2.25. The maximum absolute atomic E-state index is 10.5. The molecule has 1 atom stereocenters. The van der Waals surface area contributed by atoms with Crippen molar-refractivity contribution in [3.05, 3.63) is 29.6 Å². The van der Waals surface area contributed by atoms with Crippen LogP contribution >= 0.6 is 0 Å². The molecule has 1 heterocycles. The second-order valence-electron chi connectivity index (χ2n) is 3.87. The SMILES string of the molecule is Cc1nc2c(C(C)CC=O)cccc2[nH]1. The van der Waals surface area contributed by atoms with Gasteiger partial charge in [-0.25, -0.2) is 4.98 Å². The summed E-state index contributed by atoms with van der Waals surface area (Å²) in [5.74, 6) is 1.14. The van der Waals surface area contributed by atoms with Gasteiger partial charge in [-0.2, -0.15) is 0 Å². The van der Waals surface area contributed by atoms with Gasteiger partial charge < -0.3 is 9.78 Å². The number of nitrogens with one attached hydrogen (secondary N) is 1. The van der Waals surface area contributed by atoms with E-state index in [1.165, 1.54) is 0 Å². The topological polar surface area (TPSA) is 45.8 Å². The highest BCUT2D eigenvalue weighted by Gasteiger charge is 2.11. The van der Waals surface area contributed by atoms with Gasteiger partial charge in [0.05, 0.1) is 11.0 Å². The van der Waals surface area contributed by atoms with Gasteiger partial charge in [0.25, 0.3) is 0 Å². The van der Waals surface area contributed by atoms with Crippen molar-refractivity contribution in [3.63, 3.8) is 0 Å². The molecule has 0 aliphatic carbocycles. The first-order valence-corrected chi connectivity index (χ1v) is 5.11. The quantitative estimate of drug-likeness (QED) is 0.777. The molecule has 1 aromatic heterocycles. The monoisotopic (exact) mass is 202 g/mol. The van der Waals surface area contributed by atoms with Crippen LogP contribution in [0, 0.1) is 6.92 Å². The molecule has 0 saturated heterocycles. The lowest BCUT2D eigenvalue weighted by molar-refractivity contribution is -0.108. The van der Waals surface area contributed by atoms with Crippen LogP contribution < -0.4 is 0 Å². The number of benzene rings is 1. The molecule has 3 heteroatoms. The molecule has 0 aliphatic heterocycles. The zero-order valence-electron chi connectivity index (χ0n) is 8.95. The number of aromatic nitrogens is 2. The number of hydrogen-bond donors (Lipinski definition) is 1. The molecule has 2 rings (SSSR count). The summed E-state index contributed by atoms with van der Waals surface area (Å²) in [5, 5.41) is 0. The standard InChI is InChI=1S/C12H14N2O/c1-8(6-7-15)10-4-3-5-11-12(10)14-9(2)13-11/h3-5,7-8H,6H2,1-2H3,(H,13,14). The Bertz CT molecular complexity index is 487. The summed E-state index contributed by atoms with van der Waals surface area (Å²) in [6.07, 6.45) is 1.51. The maximum Gasteiger partial charge on any atom is 0.120 e. The number of imidazole rings is 1. The van der Waals surface area contributed by atoms with Crippen LogP contribution in [0.5, 0.6) is 0 Å². The predicted molar refractivity (Wildman–Crippen MR) is 59.9 cm³/mol. The predicted octanol–water partition coefficient (Wildman–Crippen LogP) is 2.56. The maximum atomic E-state index is 10.5. The fraction of sp³-hybridized carbons (Fsp3) is 0.333. The molecule has 3 nitrogen and oxygen atoms in total. The van der Waals surface area contributed by atoms with Crippen LogP contribution in [0.3, 0.4) is 0 Å². The third-order valence-corrected chi connectivity index (χ3v) is 2.64. The average Bonchev–Trinajstić information content (AvgIpc) is 2.57. The molecule has 0 saturated carbocycles. The summed E-state index contributed by atoms with van der Waals surface area (Å²) < 4.78 is 0. The molecule has 0 aliphatic rings. The first-order chi connectivity index (χ1) is 7.22. The van der Waals surface area contributed by atoms with Crippen molar-refractivity contribution in [2.45, 2.75) is 26.2 Å². The molecule has 1 N–H and O–H groups in total. The number of aldehydes is 1. The lowest BCUT2D eigenvalue weighted by Crippen LogP contribution is -1.95. The Kier molecular flexibility index (Phi) is 2.54. The van der Waals surface area contributed by atoms with Crippen LogP contribution in [-0.2, 0) is 4.79 Å². The smallest absolute Gasteiger partial charge is 0.120 e. The average molecular weight is 202 g/mol. The van der Waals surface area contributed by atoms with Crippen molar-refractivity contribution in [2.24, 2.45) is 0 Å². The summed E-state index contributed by atoms with van der Waals surface area (Å²) in [4.78, 5) is 18.1. The number of fused-ring (bicyclic) bond motifs is 1. The van der Waals surface area contributed by atoms with E-state index in [0.29, 0.717) is 6.42 Å². The normalized spacial score (nSPS) is 12.9. The lowest BCUT2D eigenvalue weighted by atomic mass is 9.97. The van der Waals surface area contributed by atoms with Crippen molar-refractivity contribution in [1.29, 1.82) is 0 Å². The van der Waals surface area contributed by atoms with E-state index in [1.54, 1.807) is 0 Å². The molecular formula is C12H14N2O. The Balaban J connectivity index is 2.54. The Morgan fingerprint density at radius 3 is 3.07 bits per heavy atom. The highest BCUT2D eigenvalue weighted by atomic mass is 16.1. The van der Waals surface area contributed by atoms with E-state index in [-0.39, 0.29) is 5.92 Å². The highest BCUT2D eigenvalue weighted by molar-refractivity contribution is 5.79. The third kappa shape index (κ3) is 1.77. The molecule has 1 unspecified atom stereocenters. The van der Waals surface area contributed by atoms with Gasteiger partial charge in [-0.3, -0.25) is 0 Å². The van der Waals surface area contributed by atoms with Crippen molar-refractivity contribution >= 4 is 17.3 Å². The lowest BCUT2D eigenvalue weighted by Gasteiger charge is -2.08. The van der Waals surface area contributed by atoms with Gasteiger partial charge in [0.1, 0.15) is 12.1 Å². The summed E-state index contributed by atoms with van der Waals surface area (Å²) in [5.41, 5.74) is 3.18. The van der Waals surface area contributed by atoms with Gasteiger partial charge in [-0.1, -0.05) is 19.1 Å². The first kappa shape index (κ1) is 9.90. The molecule has 2 aromatic rings. The van der Waals surface area contributed by atoms with E-state index in [0.717, 1.165) is 28.7 Å². The molecule has 78 valence electrons. The molecule has 0 radical (unpaired) electrons. The minimum absolute atomic E-state index is 0.230. The van der Waals surface area contributed by atoms with Gasteiger partial charge in [0, 0.05) is 6.42 Å². The molecule has 1 aromatic carbocycles. The van der Waals surface area contributed by atoms with Gasteiger partial charge in [-0.15, -0.1) is 0 Å². The Labute approximate surface area is 88.5 Å². The van der Waals surface area contributed by atoms with Gasteiger partial charge in [-0.05, 0) is 24.5 Å². The molecule has 15 heavy (non-hydrogen) atoms. The number of nitrogens with zero attached hydrogens (tertiary/aromatic N) is 1. The Hall–Kier alpha value is -1.64. The second kappa shape index (κ2) is 3.85. The molecular weight excluding hydrogens is 188 g/mol. The summed E-state index contributed by atoms with van der Waals surface area (Å²) in [6, 6.07) is 6.04. The van der Waals surface area contributed by atoms with Crippen LogP contribution in [0.25, 0.3) is 11.0 Å². The number of carbonyl (C=O) groups excluding carboxylic acids is 1. The van der Waals surface area contributed by atoms with Crippen molar-refractivity contribution in [2.75, 3.05) is 0 Å². The Morgan fingerprint density at radius 1 is 1.53 bits per heavy atom. The molecule has 0 spiro atoms. The van der Waals surface area contributed by atoms with Crippen LogP contribution in [0.2, 0.25) is 0 Å². The fourth-order valence-corrected chi connectivity index (χ4v) is 1.85. The van der Waals surface area contributed by atoms with E-state index in [2.05, 4.69) is 9.97 Å². The summed E-state index contributed by atoms with van der Waals surface area (Å²) in [7, 11) is 0. The minimum Gasteiger partial charge on any atom is -0.342 e. The minimum atomic E-state index is 0.230. The summed E-state index contributed by atoms with van der Waals surface area (Å²) >= 11 is 0. The molecule has 0 bridgehead atoms. The zero-order chi connectivity index (χ0) is 10.8. The zero-order valence-corrected chi connectivity index (χ0v) is 8.95. The number of rotatable bonds is 3. The summed E-state index contributed by atoms with van der Waals surface area (Å²) in [6.45, 7) is 3.99. The van der Waals surface area contributed by atoms with E-state index in [9.17, 15) is 4.79 Å². The first-order valence-electron chi connectivity index (χ1n) is 5.11. The number of para-hydroxylation sites is 1. The van der Waals surface area contributed by atoms with Gasteiger partial charge in [0.15, 0.2) is 0 Å².